The summed E-state index contributed by atoms with van der Waals surface area (Å²) < 4.78 is 25.1. The number of pyridine rings is 1. The SMILES string of the molecule is Cc1ncc(F)c2c1CC(CN1CCC(CN(C)c3cnc4c(n3)NC(=O)CO4)(OC=O)CC1)C2. The first-order valence-corrected chi connectivity index (χ1v) is 11.8. The van der Waals surface area contributed by atoms with Crippen LogP contribution in [-0.4, -0.2) is 77.7 Å². The summed E-state index contributed by atoms with van der Waals surface area (Å²) in [4.78, 5) is 40.1. The minimum absolute atomic E-state index is 0.0813. The molecule has 0 radical (unpaired) electrons. The van der Waals surface area contributed by atoms with Gasteiger partial charge in [0, 0.05) is 45.2 Å². The van der Waals surface area contributed by atoms with Crippen LogP contribution in [0.5, 0.6) is 5.88 Å². The van der Waals surface area contributed by atoms with Crippen LogP contribution in [0.2, 0.25) is 0 Å². The number of carbonyl (C=O) groups is 2. The van der Waals surface area contributed by atoms with E-state index in [1.54, 1.807) is 6.20 Å². The van der Waals surface area contributed by atoms with E-state index in [0.717, 1.165) is 49.3 Å². The number of halogens is 1. The first-order valence-electron chi connectivity index (χ1n) is 11.8. The number of anilines is 2. The Morgan fingerprint density at radius 3 is 2.80 bits per heavy atom. The molecule has 11 heteroatoms. The van der Waals surface area contributed by atoms with Crippen molar-refractivity contribution in [2.45, 2.75) is 38.2 Å². The highest BCUT2D eigenvalue weighted by atomic mass is 19.1. The second-order valence-corrected chi connectivity index (χ2v) is 9.70. The van der Waals surface area contributed by atoms with Gasteiger partial charge < -0.3 is 24.6 Å². The van der Waals surface area contributed by atoms with Gasteiger partial charge in [-0.05, 0) is 36.8 Å². The highest BCUT2D eigenvalue weighted by molar-refractivity contribution is 5.93. The van der Waals surface area contributed by atoms with Crippen LogP contribution in [0.1, 0.15) is 29.7 Å². The van der Waals surface area contributed by atoms with E-state index in [9.17, 15) is 14.0 Å². The summed E-state index contributed by atoms with van der Waals surface area (Å²) in [5.74, 6) is 0.983. The average molecular weight is 485 g/mol. The fourth-order valence-electron chi connectivity index (χ4n) is 5.42. The van der Waals surface area contributed by atoms with E-state index in [0.29, 0.717) is 37.6 Å². The Balaban J connectivity index is 1.20. The van der Waals surface area contributed by atoms with E-state index in [1.807, 2.05) is 18.9 Å². The molecule has 186 valence electrons. The Hall–Kier alpha value is -3.34. The molecule has 1 N–H and O–H groups in total. The van der Waals surface area contributed by atoms with Crippen LogP contribution in [0.3, 0.4) is 0 Å². The highest BCUT2D eigenvalue weighted by Gasteiger charge is 2.39. The smallest absolute Gasteiger partial charge is 0.293 e. The van der Waals surface area contributed by atoms with Crippen LogP contribution < -0.4 is 15.0 Å². The van der Waals surface area contributed by atoms with Crippen LogP contribution >= 0.6 is 0 Å². The molecule has 1 unspecified atom stereocenters. The third-order valence-corrected chi connectivity index (χ3v) is 7.27. The summed E-state index contributed by atoms with van der Waals surface area (Å²) in [5.41, 5.74) is 2.13. The highest BCUT2D eigenvalue weighted by Crippen LogP contribution is 2.34. The van der Waals surface area contributed by atoms with Gasteiger partial charge in [0.15, 0.2) is 12.4 Å². The van der Waals surface area contributed by atoms with Crippen molar-refractivity contribution in [1.29, 1.82) is 0 Å². The quantitative estimate of drug-likeness (QED) is 0.585. The minimum atomic E-state index is -0.657. The molecule has 0 aromatic carbocycles. The number of hydrogen-bond acceptors (Lipinski definition) is 9. The number of ether oxygens (including phenoxy) is 2. The summed E-state index contributed by atoms with van der Waals surface area (Å²) in [5, 5.41) is 2.66. The fourth-order valence-corrected chi connectivity index (χ4v) is 5.42. The van der Waals surface area contributed by atoms with E-state index in [2.05, 4.69) is 25.2 Å². The molecule has 1 atom stereocenters. The molecule has 5 rings (SSSR count). The molecule has 0 bridgehead atoms. The van der Waals surface area contributed by atoms with Gasteiger partial charge in [0.2, 0.25) is 0 Å². The number of aryl methyl sites for hydroxylation is 1. The van der Waals surface area contributed by atoms with E-state index in [4.69, 9.17) is 9.47 Å². The first kappa shape index (κ1) is 23.4. The predicted molar refractivity (Wildman–Crippen MR) is 125 cm³/mol. The zero-order chi connectivity index (χ0) is 24.6. The standard InChI is InChI=1S/C24H29FN6O4/c1-15-17-7-16(8-18(17)19(25)9-26-15)11-31-5-3-24(4-6-31,35-14-32)13-30(2)20-10-27-23-22(28-20)29-21(33)12-34-23/h9-10,14,16H,3-8,11-13H2,1-2H3,(H,28,29,33). The van der Waals surface area contributed by atoms with E-state index in [-0.39, 0.29) is 30.0 Å². The lowest BCUT2D eigenvalue weighted by molar-refractivity contribution is -0.147. The third-order valence-electron chi connectivity index (χ3n) is 7.27. The number of likely N-dealkylation sites (N-methyl/N-ethyl adjacent to an activating group) is 1. The van der Waals surface area contributed by atoms with Crippen LogP contribution in [0, 0.1) is 18.7 Å². The van der Waals surface area contributed by atoms with Crippen molar-refractivity contribution < 1.29 is 23.5 Å². The number of nitrogens with one attached hydrogen (secondary N) is 1. The molecule has 4 heterocycles. The predicted octanol–water partition coefficient (Wildman–Crippen LogP) is 1.51. The Kier molecular flexibility index (Phi) is 6.26. The number of piperidine rings is 1. The van der Waals surface area contributed by atoms with Gasteiger partial charge in [-0.25, -0.2) is 14.4 Å². The summed E-state index contributed by atoms with van der Waals surface area (Å²) >= 11 is 0. The van der Waals surface area contributed by atoms with Crippen molar-refractivity contribution in [3.63, 3.8) is 0 Å². The Morgan fingerprint density at radius 2 is 2.06 bits per heavy atom. The Labute approximate surface area is 202 Å². The summed E-state index contributed by atoms with van der Waals surface area (Å²) in [6, 6.07) is 0. The molecule has 0 spiro atoms. The molecule has 1 fully saturated rings. The van der Waals surface area contributed by atoms with Crippen LogP contribution in [-0.2, 0) is 27.2 Å². The molecule has 0 saturated carbocycles. The Bertz CT molecular complexity index is 1110. The van der Waals surface area contributed by atoms with Crippen LogP contribution in [0.25, 0.3) is 0 Å². The number of likely N-dealkylation sites (tertiary alicyclic amines) is 1. The molecule has 1 aliphatic carbocycles. The number of carbonyl (C=O) groups excluding carboxylic acids is 2. The van der Waals surface area contributed by atoms with Crippen molar-refractivity contribution >= 4 is 24.0 Å². The number of rotatable bonds is 7. The zero-order valence-corrected chi connectivity index (χ0v) is 19.9. The summed E-state index contributed by atoms with van der Waals surface area (Å²) in [6.45, 7) is 5.23. The van der Waals surface area contributed by atoms with E-state index in [1.165, 1.54) is 6.20 Å². The van der Waals surface area contributed by atoms with Crippen molar-refractivity contribution in [1.82, 2.24) is 19.9 Å². The maximum Gasteiger partial charge on any atom is 0.293 e. The van der Waals surface area contributed by atoms with Gasteiger partial charge in [-0.3, -0.25) is 14.6 Å². The van der Waals surface area contributed by atoms with Gasteiger partial charge in [0.05, 0.1) is 18.9 Å². The van der Waals surface area contributed by atoms with Crippen LogP contribution in [0.4, 0.5) is 16.0 Å². The Morgan fingerprint density at radius 1 is 1.29 bits per heavy atom. The number of amides is 1. The van der Waals surface area contributed by atoms with E-state index >= 15 is 0 Å². The molecule has 1 saturated heterocycles. The largest absolute Gasteiger partial charge is 0.465 e. The topological polar surface area (TPSA) is 110 Å². The van der Waals surface area contributed by atoms with Gasteiger partial charge in [-0.2, -0.15) is 0 Å². The van der Waals surface area contributed by atoms with Crippen molar-refractivity contribution in [3.8, 4) is 5.88 Å². The van der Waals surface area contributed by atoms with Gasteiger partial charge in [-0.15, -0.1) is 0 Å². The summed E-state index contributed by atoms with van der Waals surface area (Å²) in [6.07, 6.45) is 5.82. The lowest BCUT2D eigenvalue weighted by Crippen LogP contribution is -2.52. The van der Waals surface area contributed by atoms with Gasteiger partial charge in [-0.1, -0.05) is 0 Å². The molecular weight excluding hydrogens is 455 g/mol. The van der Waals surface area contributed by atoms with Crippen LogP contribution in [0.15, 0.2) is 12.4 Å². The molecule has 3 aliphatic rings. The summed E-state index contributed by atoms with van der Waals surface area (Å²) in [7, 11) is 1.85. The fraction of sp³-hybridized carbons (Fsp3) is 0.542. The van der Waals surface area contributed by atoms with Gasteiger partial charge >= 0.3 is 0 Å². The molecule has 1 amide bonds. The molecule has 2 aliphatic heterocycles. The molecule has 2 aromatic heterocycles. The normalized spacial score (nSPS) is 20.9. The maximum absolute atomic E-state index is 14.2. The second kappa shape index (κ2) is 9.37. The monoisotopic (exact) mass is 484 g/mol. The minimum Gasteiger partial charge on any atom is -0.465 e. The van der Waals surface area contributed by atoms with Crippen molar-refractivity contribution in [2.75, 3.05) is 50.1 Å². The van der Waals surface area contributed by atoms with Crippen molar-refractivity contribution in [2.24, 2.45) is 5.92 Å². The molecule has 35 heavy (non-hydrogen) atoms. The average Bonchev–Trinajstić information content (AvgIpc) is 3.28. The van der Waals surface area contributed by atoms with Crippen molar-refractivity contribution in [3.05, 3.63) is 35.0 Å². The number of fused-ring (bicyclic) bond motifs is 2. The maximum atomic E-state index is 14.2. The third kappa shape index (κ3) is 4.77. The van der Waals surface area contributed by atoms with Gasteiger partial charge in [0.1, 0.15) is 17.2 Å². The van der Waals surface area contributed by atoms with E-state index < -0.39 is 5.60 Å². The van der Waals surface area contributed by atoms with Gasteiger partial charge in [0.25, 0.3) is 18.3 Å². The lowest BCUT2D eigenvalue weighted by Gasteiger charge is -2.43. The molecular formula is C24H29FN6O4. The molecule has 2 aromatic rings. The first-order chi connectivity index (χ1) is 16.9. The number of hydrogen-bond donors (Lipinski definition) is 1. The second-order valence-electron chi connectivity index (χ2n) is 9.70. The number of nitrogens with zero attached hydrogens (tertiary/aromatic N) is 5. The molecule has 10 nitrogen and oxygen atoms in total. The number of aromatic nitrogens is 3. The lowest BCUT2D eigenvalue weighted by atomic mass is 9.89. The zero-order valence-electron chi connectivity index (χ0n) is 19.9.